The quantitative estimate of drug-likeness (QED) is 0.674. The van der Waals surface area contributed by atoms with Crippen molar-refractivity contribution >= 4 is 5.91 Å². The Morgan fingerprint density at radius 3 is 2.50 bits per heavy atom. The van der Waals surface area contributed by atoms with Crippen LogP contribution in [0.25, 0.3) is 11.3 Å². The number of piperidine rings is 1. The van der Waals surface area contributed by atoms with Gasteiger partial charge in [0, 0.05) is 50.6 Å². The molecule has 2 aliphatic heterocycles. The van der Waals surface area contributed by atoms with Crippen molar-refractivity contribution in [3.63, 3.8) is 0 Å². The van der Waals surface area contributed by atoms with E-state index in [1.807, 2.05) is 65.6 Å². The number of carbonyl (C=O) groups excluding carboxylic acids is 1. The van der Waals surface area contributed by atoms with E-state index in [-0.39, 0.29) is 11.4 Å². The molecule has 0 aliphatic carbocycles. The Hall–Kier alpha value is -2.93. The van der Waals surface area contributed by atoms with Gasteiger partial charge in [-0.2, -0.15) is 5.10 Å². The molecule has 1 spiro atoms. The zero-order valence-electron chi connectivity index (χ0n) is 17.7. The van der Waals surface area contributed by atoms with Gasteiger partial charge >= 0.3 is 0 Å². The van der Waals surface area contributed by atoms with Gasteiger partial charge in [-0.3, -0.25) is 14.4 Å². The Morgan fingerprint density at radius 1 is 1.07 bits per heavy atom. The lowest BCUT2D eigenvalue weighted by atomic mass is 9.83. The van der Waals surface area contributed by atoms with Gasteiger partial charge in [0.05, 0.1) is 23.6 Å². The van der Waals surface area contributed by atoms with Crippen LogP contribution in [-0.4, -0.2) is 61.2 Å². The molecular weight excluding hydrogens is 376 g/mol. The minimum atomic E-state index is -0.110. The second-order valence-electron chi connectivity index (χ2n) is 8.29. The molecule has 1 aromatic carbocycles. The minimum absolute atomic E-state index is 0.110. The summed E-state index contributed by atoms with van der Waals surface area (Å²) in [6.07, 6.45) is 7.76. The van der Waals surface area contributed by atoms with Gasteiger partial charge in [-0.1, -0.05) is 25.1 Å². The highest BCUT2D eigenvalue weighted by molar-refractivity contribution is 5.94. The molecular formula is C23H28N6O. The highest BCUT2D eigenvalue weighted by atomic mass is 16.2. The molecule has 0 radical (unpaired) electrons. The van der Waals surface area contributed by atoms with Gasteiger partial charge in [-0.15, -0.1) is 0 Å². The summed E-state index contributed by atoms with van der Waals surface area (Å²) in [5.74, 6) is 1.27. The number of amides is 1. The Morgan fingerprint density at radius 2 is 1.83 bits per heavy atom. The summed E-state index contributed by atoms with van der Waals surface area (Å²) in [5, 5.41) is 4.34. The Labute approximate surface area is 176 Å². The number of likely N-dealkylation sites (N-methyl/N-ethyl adjacent to an activating group) is 1. The van der Waals surface area contributed by atoms with Crippen LogP contribution >= 0.6 is 0 Å². The van der Waals surface area contributed by atoms with Crippen molar-refractivity contribution < 1.29 is 4.79 Å². The van der Waals surface area contributed by atoms with Crippen LogP contribution in [0.1, 0.15) is 35.9 Å². The molecule has 2 aromatic heterocycles. The molecule has 1 saturated heterocycles. The summed E-state index contributed by atoms with van der Waals surface area (Å²) < 4.78 is 4.21. The van der Waals surface area contributed by atoms with Gasteiger partial charge in [0.1, 0.15) is 5.82 Å². The van der Waals surface area contributed by atoms with E-state index in [1.165, 1.54) is 0 Å². The van der Waals surface area contributed by atoms with E-state index >= 15 is 0 Å². The molecule has 2 aliphatic rings. The van der Waals surface area contributed by atoms with Crippen LogP contribution in [0.15, 0.2) is 48.9 Å². The molecule has 156 valence electrons. The fourth-order valence-corrected chi connectivity index (χ4v) is 5.18. The Bertz CT molecular complexity index is 1040. The van der Waals surface area contributed by atoms with E-state index in [0.29, 0.717) is 0 Å². The molecule has 5 rings (SSSR count). The standard InChI is InChI=1S/C23H28N6O/c1-3-28-13-14-29-20(19-15-25-26(2)17-19)16-24-22(29)23(28)9-11-27(12-10-23)21(30)18-7-5-4-6-8-18/h4-8,15-17H,3,9-14H2,1-2H3. The molecule has 0 atom stereocenters. The third-order valence-electron chi connectivity index (χ3n) is 6.75. The zero-order chi connectivity index (χ0) is 20.7. The van der Waals surface area contributed by atoms with E-state index in [9.17, 15) is 4.79 Å². The number of hydrogen-bond donors (Lipinski definition) is 0. The van der Waals surface area contributed by atoms with Crippen molar-refractivity contribution in [1.29, 1.82) is 0 Å². The predicted molar refractivity (Wildman–Crippen MR) is 115 cm³/mol. The summed E-state index contributed by atoms with van der Waals surface area (Å²) in [5.41, 5.74) is 2.90. The van der Waals surface area contributed by atoms with Crippen LogP contribution in [0.3, 0.4) is 0 Å². The minimum Gasteiger partial charge on any atom is -0.338 e. The van der Waals surface area contributed by atoms with E-state index in [0.717, 1.165) is 68.2 Å². The van der Waals surface area contributed by atoms with Crippen molar-refractivity contribution in [2.24, 2.45) is 7.05 Å². The number of fused-ring (bicyclic) bond motifs is 2. The monoisotopic (exact) mass is 404 g/mol. The van der Waals surface area contributed by atoms with Gasteiger partial charge in [0.15, 0.2) is 0 Å². The number of nitrogens with zero attached hydrogens (tertiary/aromatic N) is 6. The number of aromatic nitrogens is 4. The first-order chi connectivity index (χ1) is 14.6. The Kier molecular flexibility index (Phi) is 4.70. The van der Waals surface area contributed by atoms with Crippen molar-refractivity contribution in [3.05, 3.63) is 60.3 Å². The molecule has 7 heteroatoms. The molecule has 1 fully saturated rings. The third-order valence-corrected chi connectivity index (χ3v) is 6.75. The van der Waals surface area contributed by atoms with Crippen molar-refractivity contribution in [2.45, 2.75) is 31.8 Å². The summed E-state index contributed by atoms with van der Waals surface area (Å²) in [4.78, 5) is 22.4. The average Bonchev–Trinajstić information content (AvgIpc) is 3.41. The highest BCUT2D eigenvalue weighted by Gasteiger charge is 2.47. The lowest BCUT2D eigenvalue weighted by Crippen LogP contribution is -2.58. The van der Waals surface area contributed by atoms with E-state index in [1.54, 1.807) is 0 Å². The fourth-order valence-electron chi connectivity index (χ4n) is 5.18. The Balaban J connectivity index is 1.44. The second kappa shape index (κ2) is 7.40. The number of imidazole rings is 1. The maximum Gasteiger partial charge on any atom is 0.253 e. The number of rotatable bonds is 3. The maximum absolute atomic E-state index is 12.9. The molecule has 0 saturated carbocycles. The average molecular weight is 405 g/mol. The zero-order valence-corrected chi connectivity index (χ0v) is 17.7. The largest absolute Gasteiger partial charge is 0.338 e. The first-order valence-corrected chi connectivity index (χ1v) is 10.8. The summed E-state index contributed by atoms with van der Waals surface area (Å²) in [7, 11) is 1.94. The molecule has 30 heavy (non-hydrogen) atoms. The van der Waals surface area contributed by atoms with Crippen molar-refractivity contribution in [2.75, 3.05) is 26.2 Å². The second-order valence-corrected chi connectivity index (χ2v) is 8.29. The lowest BCUT2D eigenvalue weighted by molar-refractivity contribution is -0.00313. The van der Waals surface area contributed by atoms with E-state index in [4.69, 9.17) is 4.98 Å². The van der Waals surface area contributed by atoms with Crippen LogP contribution < -0.4 is 0 Å². The van der Waals surface area contributed by atoms with E-state index < -0.39 is 0 Å². The van der Waals surface area contributed by atoms with Crippen LogP contribution in [-0.2, 0) is 19.1 Å². The van der Waals surface area contributed by atoms with Crippen LogP contribution in [0.4, 0.5) is 0 Å². The number of aryl methyl sites for hydroxylation is 1. The molecule has 7 nitrogen and oxygen atoms in total. The van der Waals surface area contributed by atoms with Gasteiger partial charge in [-0.25, -0.2) is 4.98 Å². The first kappa shape index (κ1) is 19.1. The molecule has 0 bridgehead atoms. The number of likely N-dealkylation sites (tertiary alicyclic amines) is 1. The molecule has 3 aromatic rings. The third kappa shape index (κ3) is 2.96. The summed E-state index contributed by atoms with van der Waals surface area (Å²) >= 11 is 0. The van der Waals surface area contributed by atoms with E-state index in [2.05, 4.69) is 21.5 Å². The summed E-state index contributed by atoms with van der Waals surface area (Å²) in [6.45, 7) is 6.64. The highest BCUT2D eigenvalue weighted by Crippen LogP contribution is 2.42. The SMILES string of the molecule is CCN1CCn2c(-c3cnn(C)c3)cnc2C12CCN(C(=O)c1ccccc1)CC2. The molecule has 1 amide bonds. The summed E-state index contributed by atoms with van der Waals surface area (Å²) in [6, 6.07) is 9.60. The fraction of sp³-hybridized carbons (Fsp3) is 0.435. The normalized spacial score (nSPS) is 18.5. The van der Waals surface area contributed by atoms with Crippen LogP contribution in [0.5, 0.6) is 0 Å². The topological polar surface area (TPSA) is 59.2 Å². The number of hydrogen-bond acceptors (Lipinski definition) is 4. The number of carbonyl (C=O) groups is 1. The molecule has 4 heterocycles. The van der Waals surface area contributed by atoms with Crippen LogP contribution in [0, 0.1) is 0 Å². The predicted octanol–water partition coefficient (Wildman–Crippen LogP) is 2.75. The number of benzene rings is 1. The van der Waals surface area contributed by atoms with Gasteiger partial charge < -0.3 is 9.47 Å². The van der Waals surface area contributed by atoms with Gasteiger partial charge in [0.25, 0.3) is 5.91 Å². The molecule has 0 unspecified atom stereocenters. The van der Waals surface area contributed by atoms with Gasteiger partial charge in [-0.05, 0) is 31.5 Å². The maximum atomic E-state index is 12.9. The van der Waals surface area contributed by atoms with Crippen molar-refractivity contribution in [3.8, 4) is 11.3 Å². The first-order valence-electron chi connectivity index (χ1n) is 10.8. The van der Waals surface area contributed by atoms with Crippen LogP contribution in [0.2, 0.25) is 0 Å². The smallest absolute Gasteiger partial charge is 0.253 e. The lowest BCUT2D eigenvalue weighted by Gasteiger charge is -2.50. The van der Waals surface area contributed by atoms with Gasteiger partial charge in [0.2, 0.25) is 0 Å². The molecule has 0 N–H and O–H groups in total. The van der Waals surface area contributed by atoms with Crippen molar-refractivity contribution in [1.82, 2.24) is 29.1 Å².